The highest BCUT2D eigenvalue weighted by Gasteiger charge is 2.15. The Kier molecular flexibility index (Phi) is 4.22. The summed E-state index contributed by atoms with van der Waals surface area (Å²) in [6.07, 6.45) is 6.76. The molecule has 1 aliphatic rings. The third kappa shape index (κ3) is 3.30. The Hall–Kier alpha value is -1.13. The highest BCUT2D eigenvalue weighted by molar-refractivity contribution is 7.22. The van der Waals surface area contributed by atoms with Crippen molar-refractivity contribution in [1.82, 2.24) is 10.3 Å². The lowest BCUT2D eigenvalue weighted by molar-refractivity contribution is 0.447. The first-order valence-corrected chi connectivity index (χ1v) is 8.40. The smallest absolute Gasteiger partial charge is 0.181 e. The van der Waals surface area contributed by atoms with Crippen molar-refractivity contribution in [2.24, 2.45) is 5.92 Å². The fraction of sp³-hybridized carbons (Fsp3) is 0.562. The minimum atomic E-state index is 0.655. The van der Waals surface area contributed by atoms with Crippen molar-refractivity contribution in [2.75, 3.05) is 5.73 Å². The van der Waals surface area contributed by atoms with Crippen LogP contribution < -0.4 is 11.1 Å². The van der Waals surface area contributed by atoms with Crippen LogP contribution in [0.15, 0.2) is 18.2 Å². The maximum absolute atomic E-state index is 5.75. The number of nitrogens with one attached hydrogen (secondary N) is 1. The van der Waals surface area contributed by atoms with Gasteiger partial charge in [-0.1, -0.05) is 37.2 Å². The molecule has 108 valence electrons. The molecule has 0 bridgehead atoms. The summed E-state index contributed by atoms with van der Waals surface area (Å²) in [5, 5.41) is 4.38. The maximum Gasteiger partial charge on any atom is 0.181 e. The lowest BCUT2D eigenvalue weighted by Gasteiger charge is -2.16. The number of nitrogens with zero attached hydrogens (tertiary/aromatic N) is 1. The van der Waals surface area contributed by atoms with Gasteiger partial charge in [-0.15, -0.1) is 0 Å². The molecule has 3 rings (SSSR count). The SMILES string of the molecule is CC1CCCC(NCc2ccc3nc(N)sc3c2)CC1. The van der Waals surface area contributed by atoms with E-state index in [1.807, 2.05) is 0 Å². The lowest BCUT2D eigenvalue weighted by Crippen LogP contribution is -2.27. The minimum absolute atomic E-state index is 0.655. The van der Waals surface area contributed by atoms with E-state index in [-0.39, 0.29) is 0 Å². The van der Waals surface area contributed by atoms with Gasteiger partial charge in [-0.05, 0) is 42.9 Å². The molecule has 0 spiro atoms. The number of anilines is 1. The van der Waals surface area contributed by atoms with Crippen LogP contribution in [0.25, 0.3) is 10.2 Å². The van der Waals surface area contributed by atoms with Gasteiger partial charge in [0.2, 0.25) is 0 Å². The molecule has 1 aliphatic carbocycles. The zero-order chi connectivity index (χ0) is 13.9. The first-order chi connectivity index (χ1) is 9.70. The first kappa shape index (κ1) is 13.8. The fourth-order valence-corrected chi connectivity index (χ4v) is 3.85. The van der Waals surface area contributed by atoms with Crippen LogP contribution in [0.4, 0.5) is 5.13 Å². The van der Waals surface area contributed by atoms with Crippen LogP contribution in [0.1, 0.15) is 44.6 Å². The van der Waals surface area contributed by atoms with Crippen molar-refractivity contribution in [3.63, 3.8) is 0 Å². The third-order valence-electron chi connectivity index (χ3n) is 4.32. The van der Waals surface area contributed by atoms with Gasteiger partial charge in [-0.2, -0.15) is 0 Å². The van der Waals surface area contributed by atoms with E-state index in [1.54, 1.807) is 11.3 Å². The van der Waals surface area contributed by atoms with E-state index in [0.29, 0.717) is 11.2 Å². The Bertz CT molecular complexity index is 578. The van der Waals surface area contributed by atoms with E-state index in [0.717, 1.165) is 18.0 Å². The van der Waals surface area contributed by atoms with Gasteiger partial charge in [0.1, 0.15) is 0 Å². The molecule has 20 heavy (non-hydrogen) atoms. The molecule has 4 heteroatoms. The Morgan fingerprint density at radius 3 is 3.10 bits per heavy atom. The summed E-state index contributed by atoms with van der Waals surface area (Å²) in [6.45, 7) is 3.33. The van der Waals surface area contributed by atoms with Crippen molar-refractivity contribution >= 4 is 26.7 Å². The zero-order valence-corrected chi connectivity index (χ0v) is 12.9. The number of nitrogen functional groups attached to an aromatic ring is 1. The molecule has 2 aromatic rings. The van der Waals surface area contributed by atoms with Crippen LogP contribution in [0.5, 0.6) is 0 Å². The first-order valence-electron chi connectivity index (χ1n) is 7.59. The van der Waals surface area contributed by atoms with Gasteiger partial charge in [0, 0.05) is 12.6 Å². The molecule has 1 saturated carbocycles. The predicted octanol–water partition coefficient (Wildman–Crippen LogP) is 3.94. The summed E-state index contributed by atoms with van der Waals surface area (Å²) in [6, 6.07) is 7.14. The second-order valence-corrected chi connectivity index (χ2v) is 7.11. The largest absolute Gasteiger partial charge is 0.375 e. The standard InChI is InChI=1S/C16H23N3S/c1-11-3-2-4-13(7-5-11)18-10-12-6-8-14-15(9-12)20-16(17)19-14/h6,8-9,11,13,18H,2-5,7,10H2,1H3,(H2,17,19). The van der Waals surface area contributed by atoms with Gasteiger partial charge in [-0.3, -0.25) is 0 Å². The Morgan fingerprint density at radius 2 is 2.20 bits per heavy atom. The van der Waals surface area contributed by atoms with E-state index in [9.17, 15) is 0 Å². The highest BCUT2D eigenvalue weighted by atomic mass is 32.1. The van der Waals surface area contributed by atoms with Gasteiger partial charge in [0.05, 0.1) is 10.2 Å². The molecule has 1 aromatic carbocycles. The van der Waals surface area contributed by atoms with Crippen molar-refractivity contribution in [2.45, 2.75) is 51.6 Å². The lowest BCUT2D eigenvalue weighted by atomic mass is 10.0. The van der Waals surface area contributed by atoms with E-state index in [1.165, 1.54) is 42.4 Å². The summed E-state index contributed by atoms with van der Waals surface area (Å²) in [5.41, 5.74) is 8.10. The fourth-order valence-electron chi connectivity index (χ4n) is 3.05. The average molecular weight is 289 g/mol. The molecule has 3 nitrogen and oxygen atoms in total. The summed E-state index contributed by atoms with van der Waals surface area (Å²) < 4.78 is 1.19. The second-order valence-electron chi connectivity index (χ2n) is 6.05. The zero-order valence-electron chi connectivity index (χ0n) is 12.1. The minimum Gasteiger partial charge on any atom is -0.375 e. The number of nitrogens with two attached hydrogens (primary N) is 1. The Balaban J connectivity index is 1.61. The molecule has 0 aliphatic heterocycles. The van der Waals surface area contributed by atoms with Crippen LogP contribution >= 0.6 is 11.3 Å². The quantitative estimate of drug-likeness (QED) is 0.842. The van der Waals surface area contributed by atoms with Gasteiger partial charge in [0.15, 0.2) is 5.13 Å². The van der Waals surface area contributed by atoms with Crippen molar-refractivity contribution in [3.05, 3.63) is 23.8 Å². The number of fused-ring (bicyclic) bond motifs is 1. The molecule has 1 heterocycles. The summed E-state index contributed by atoms with van der Waals surface area (Å²) >= 11 is 1.57. The molecule has 2 atom stereocenters. The van der Waals surface area contributed by atoms with E-state index in [2.05, 4.69) is 35.4 Å². The van der Waals surface area contributed by atoms with Crippen LogP contribution in [0.3, 0.4) is 0 Å². The van der Waals surface area contributed by atoms with Crippen molar-refractivity contribution in [1.29, 1.82) is 0 Å². The second kappa shape index (κ2) is 6.10. The van der Waals surface area contributed by atoms with Crippen LogP contribution in [-0.4, -0.2) is 11.0 Å². The van der Waals surface area contributed by atoms with E-state index < -0.39 is 0 Å². The molecule has 0 saturated heterocycles. The summed E-state index contributed by atoms with van der Waals surface area (Å²) in [5.74, 6) is 0.901. The summed E-state index contributed by atoms with van der Waals surface area (Å²) in [4.78, 5) is 4.30. The van der Waals surface area contributed by atoms with Gasteiger partial charge in [-0.25, -0.2) is 4.98 Å². The number of aromatic nitrogens is 1. The number of hydrogen-bond donors (Lipinski definition) is 2. The molecule has 2 unspecified atom stereocenters. The molecule has 0 amide bonds. The number of rotatable bonds is 3. The molecular formula is C16H23N3S. The van der Waals surface area contributed by atoms with Crippen LogP contribution in [-0.2, 0) is 6.54 Å². The molecule has 0 radical (unpaired) electrons. The molecule has 3 N–H and O–H groups in total. The van der Waals surface area contributed by atoms with Gasteiger partial charge >= 0.3 is 0 Å². The van der Waals surface area contributed by atoms with Crippen LogP contribution in [0.2, 0.25) is 0 Å². The monoisotopic (exact) mass is 289 g/mol. The van der Waals surface area contributed by atoms with E-state index in [4.69, 9.17) is 5.73 Å². The predicted molar refractivity (Wildman–Crippen MR) is 86.9 cm³/mol. The number of thiazole rings is 1. The third-order valence-corrected chi connectivity index (χ3v) is 5.17. The Labute approximate surface area is 124 Å². The van der Waals surface area contributed by atoms with Crippen molar-refractivity contribution in [3.8, 4) is 0 Å². The van der Waals surface area contributed by atoms with Gasteiger partial charge < -0.3 is 11.1 Å². The number of hydrogen-bond acceptors (Lipinski definition) is 4. The van der Waals surface area contributed by atoms with Gasteiger partial charge in [0.25, 0.3) is 0 Å². The van der Waals surface area contributed by atoms with Crippen molar-refractivity contribution < 1.29 is 0 Å². The highest BCUT2D eigenvalue weighted by Crippen LogP contribution is 2.25. The molecule has 1 aromatic heterocycles. The maximum atomic E-state index is 5.75. The Morgan fingerprint density at radius 1 is 1.30 bits per heavy atom. The molecular weight excluding hydrogens is 266 g/mol. The van der Waals surface area contributed by atoms with Crippen LogP contribution in [0, 0.1) is 5.92 Å². The summed E-state index contributed by atoms with van der Waals surface area (Å²) in [7, 11) is 0. The normalized spacial score (nSPS) is 23.9. The molecule has 1 fully saturated rings. The number of benzene rings is 1. The van der Waals surface area contributed by atoms with E-state index >= 15 is 0 Å². The average Bonchev–Trinajstić information content (AvgIpc) is 2.67. The topological polar surface area (TPSA) is 50.9 Å².